The van der Waals surface area contributed by atoms with Gasteiger partial charge in [0, 0.05) is 6.54 Å². The summed E-state index contributed by atoms with van der Waals surface area (Å²) >= 11 is 0. The number of hydrogen-bond donors (Lipinski definition) is 1. The van der Waals surface area contributed by atoms with Gasteiger partial charge in [-0.3, -0.25) is 4.99 Å². The normalized spacial score (nSPS) is 35.7. The molecule has 2 aliphatic rings. The number of nitrogens with zero attached hydrogens (tertiary/aromatic N) is 2. The molecule has 0 aliphatic carbocycles. The molecule has 15 heavy (non-hydrogen) atoms. The van der Waals surface area contributed by atoms with E-state index in [1.54, 1.807) is 0 Å². The lowest BCUT2D eigenvalue weighted by molar-refractivity contribution is 0.0189. The Kier molecular flexibility index (Phi) is 2.95. The minimum absolute atomic E-state index is 0.282. The minimum atomic E-state index is 0.282. The van der Waals surface area contributed by atoms with Crippen molar-refractivity contribution >= 4 is 5.96 Å². The van der Waals surface area contributed by atoms with E-state index in [0.29, 0.717) is 18.1 Å². The fourth-order valence-corrected chi connectivity index (χ4v) is 2.35. The molecule has 3 unspecified atom stereocenters. The Bertz CT molecular complexity index is 277. The molecule has 3 atom stereocenters. The second-order valence-electron chi connectivity index (χ2n) is 4.27. The van der Waals surface area contributed by atoms with Crippen LogP contribution in [0.25, 0.3) is 0 Å². The average Bonchev–Trinajstić information content (AvgIpc) is 2.76. The molecule has 0 aromatic heterocycles. The molecule has 0 saturated carbocycles. The van der Waals surface area contributed by atoms with Crippen LogP contribution in [0.4, 0.5) is 0 Å². The molecular formula is C11H19N3O. The summed E-state index contributed by atoms with van der Waals surface area (Å²) in [5.74, 6) is 0.628. The lowest BCUT2D eigenvalue weighted by Crippen LogP contribution is -2.46. The number of aliphatic imine (C=N–C) groups is 1. The van der Waals surface area contributed by atoms with E-state index in [0.717, 1.165) is 25.9 Å². The Morgan fingerprint density at radius 3 is 3.07 bits per heavy atom. The van der Waals surface area contributed by atoms with Crippen molar-refractivity contribution in [3.05, 3.63) is 12.7 Å². The third-order valence-electron chi connectivity index (χ3n) is 3.15. The molecule has 1 fully saturated rings. The van der Waals surface area contributed by atoms with Gasteiger partial charge in [0.15, 0.2) is 5.96 Å². The zero-order valence-electron chi connectivity index (χ0n) is 9.22. The van der Waals surface area contributed by atoms with E-state index in [-0.39, 0.29) is 6.10 Å². The Balaban J connectivity index is 2.00. The number of ether oxygens (including phenoxy) is 1. The second kappa shape index (κ2) is 4.23. The molecule has 2 N–H and O–H groups in total. The summed E-state index contributed by atoms with van der Waals surface area (Å²) in [6, 6.07) is 0.313. The van der Waals surface area contributed by atoms with Crippen molar-refractivity contribution < 1.29 is 4.74 Å². The van der Waals surface area contributed by atoms with Crippen molar-refractivity contribution in [2.24, 2.45) is 10.7 Å². The predicted molar refractivity (Wildman–Crippen MR) is 60.7 cm³/mol. The molecule has 0 bridgehead atoms. The Hall–Kier alpha value is -1.03. The maximum absolute atomic E-state index is 5.87. The zero-order chi connectivity index (χ0) is 10.8. The highest BCUT2D eigenvalue weighted by Gasteiger charge is 2.36. The quantitative estimate of drug-likeness (QED) is 0.697. The SMILES string of the molecule is C=CCN1C(N)=NCC1C1CCC(C)O1. The lowest BCUT2D eigenvalue weighted by atomic mass is 10.1. The highest BCUT2D eigenvalue weighted by atomic mass is 16.5. The van der Waals surface area contributed by atoms with E-state index in [1.165, 1.54) is 0 Å². The first-order chi connectivity index (χ1) is 7.22. The van der Waals surface area contributed by atoms with Crippen LogP contribution in [0.3, 0.4) is 0 Å². The average molecular weight is 209 g/mol. The highest BCUT2D eigenvalue weighted by molar-refractivity contribution is 5.80. The molecule has 0 aromatic carbocycles. The molecule has 84 valence electrons. The van der Waals surface area contributed by atoms with Crippen LogP contribution >= 0.6 is 0 Å². The van der Waals surface area contributed by atoms with Gasteiger partial charge in [0.1, 0.15) is 0 Å². The van der Waals surface area contributed by atoms with Crippen molar-refractivity contribution in [3.8, 4) is 0 Å². The van der Waals surface area contributed by atoms with Crippen molar-refractivity contribution in [1.82, 2.24) is 4.90 Å². The van der Waals surface area contributed by atoms with Crippen LogP contribution in [0.15, 0.2) is 17.6 Å². The third kappa shape index (κ3) is 2.00. The number of nitrogens with two attached hydrogens (primary N) is 1. The molecule has 0 amide bonds. The number of guanidine groups is 1. The molecule has 4 nitrogen and oxygen atoms in total. The van der Waals surface area contributed by atoms with Crippen molar-refractivity contribution in [3.63, 3.8) is 0 Å². The largest absolute Gasteiger partial charge is 0.373 e. The fraction of sp³-hybridized carbons (Fsp3) is 0.727. The van der Waals surface area contributed by atoms with Gasteiger partial charge in [0.25, 0.3) is 0 Å². The maximum atomic E-state index is 5.87. The van der Waals surface area contributed by atoms with Gasteiger partial charge in [0.2, 0.25) is 0 Å². The van der Waals surface area contributed by atoms with Gasteiger partial charge in [-0.15, -0.1) is 6.58 Å². The van der Waals surface area contributed by atoms with E-state index < -0.39 is 0 Å². The lowest BCUT2D eigenvalue weighted by Gasteiger charge is -2.29. The smallest absolute Gasteiger partial charge is 0.192 e. The first-order valence-electron chi connectivity index (χ1n) is 5.55. The van der Waals surface area contributed by atoms with E-state index in [4.69, 9.17) is 10.5 Å². The van der Waals surface area contributed by atoms with Gasteiger partial charge < -0.3 is 15.4 Å². The first-order valence-corrected chi connectivity index (χ1v) is 5.55. The maximum Gasteiger partial charge on any atom is 0.192 e. The summed E-state index contributed by atoms with van der Waals surface area (Å²) in [5.41, 5.74) is 5.83. The van der Waals surface area contributed by atoms with Gasteiger partial charge in [0.05, 0.1) is 24.8 Å². The molecule has 2 rings (SSSR count). The number of hydrogen-bond acceptors (Lipinski definition) is 4. The minimum Gasteiger partial charge on any atom is -0.373 e. The van der Waals surface area contributed by atoms with E-state index >= 15 is 0 Å². The summed E-state index contributed by atoms with van der Waals surface area (Å²) in [7, 11) is 0. The summed E-state index contributed by atoms with van der Waals surface area (Å²) in [6.45, 7) is 7.38. The zero-order valence-corrected chi connectivity index (χ0v) is 9.22. The third-order valence-corrected chi connectivity index (χ3v) is 3.15. The van der Waals surface area contributed by atoms with Crippen LogP contribution < -0.4 is 5.73 Å². The molecule has 0 aromatic rings. The predicted octanol–water partition coefficient (Wildman–Crippen LogP) is 0.739. The molecule has 4 heteroatoms. The number of rotatable bonds is 3. The monoisotopic (exact) mass is 209 g/mol. The van der Waals surface area contributed by atoms with Gasteiger partial charge >= 0.3 is 0 Å². The first kappa shape index (κ1) is 10.5. The van der Waals surface area contributed by atoms with E-state index in [1.807, 2.05) is 6.08 Å². The van der Waals surface area contributed by atoms with Gasteiger partial charge in [-0.05, 0) is 19.8 Å². The van der Waals surface area contributed by atoms with Crippen LogP contribution in [0, 0.1) is 0 Å². The van der Waals surface area contributed by atoms with Gasteiger partial charge in [-0.1, -0.05) is 6.08 Å². The molecular weight excluding hydrogens is 190 g/mol. The molecule has 0 spiro atoms. The second-order valence-corrected chi connectivity index (χ2v) is 4.27. The van der Waals surface area contributed by atoms with Gasteiger partial charge in [-0.25, -0.2) is 0 Å². The van der Waals surface area contributed by atoms with E-state index in [2.05, 4.69) is 23.4 Å². The van der Waals surface area contributed by atoms with Crippen LogP contribution in [-0.2, 0) is 4.74 Å². The molecule has 1 saturated heterocycles. The summed E-state index contributed by atoms with van der Waals surface area (Å²) in [6.07, 6.45) is 4.77. The van der Waals surface area contributed by atoms with Crippen molar-refractivity contribution in [2.75, 3.05) is 13.1 Å². The Labute approximate surface area is 90.8 Å². The molecule has 2 aliphatic heterocycles. The Morgan fingerprint density at radius 2 is 2.47 bits per heavy atom. The van der Waals surface area contributed by atoms with Crippen LogP contribution in [0.5, 0.6) is 0 Å². The van der Waals surface area contributed by atoms with Gasteiger partial charge in [-0.2, -0.15) is 0 Å². The molecule has 2 heterocycles. The van der Waals surface area contributed by atoms with Crippen LogP contribution in [-0.4, -0.2) is 42.2 Å². The summed E-state index contributed by atoms with van der Waals surface area (Å²) in [5, 5.41) is 0. The van der Waals surface area contributed by atoms with Crippen LogP contribution in [0.2, 0.25) is 0 Å². The van der Waals surface area contributed by atoms with Crippen molar-refractivity contribution in [2.45, 2.75) is 38.0 Å². The van der Waals surface area contributed by atoms with E-state index in [9.17, 15) is 0 Å². The van der Waals surface area contributed by atoms with Crippen molar-refractivity contribution in [1.29, 1.82) is 0 Å². The topological polar surface area (TPSA) is 50.8 Å². The standard InChI is InChI=1S/C11H19N3O/c1-3-6-14-9(7-13-11(14)12)10-5-4-8(2)15-10/h3,8-10H,1,4-7H2,2H3,(H2,12,13). The Morgan fingerprint density at radius 1 is 1.67 bits per heavy atom. The summed E-state index contributed by atoms with van der Waals surface area (Å²) in [4.78, 5) is 6.37. The fourth-order valence-electron chi connectivity index (χ4n) is 2.35. The highest BCUT2D eigenvalue weighted by Crippen LogP contribution is 2.26. The summed E-state index contributed by atoms with van der Waals surface area (Å²) < 4.78 is 5.87. The van der Waals surface area contributed by atoms with Crippen LogP contribution in [0.1, 0.15) is 19.8 Å². The molecule has 0 radical (unpaired) electrons.